The first kappa shape index (κ1) is 25.2. The Kier molecular flexibility index (Phi) is 9.84. The number of carbonyl (C=O) groups excluding carboxylic acids is 1. The molecule has 0 saturated heterocycles. The minimum atomic E-state index is -0.413. The van der Waals surface area contributed by atoms with Crippen molar-refractivity contribution >= 4 is 63.9 Å². The van der Waals surface area contributed by atoms with Crippen LogP contribution in [0.4, 0.5) is 0 Å². The van der Waals surface area contributed by atoms with Crippen LogP contribution in [-0.2, 0) is 11.2 Å². The molecule has 0 aliphatic heterocycles. The maximum absolute atomic E-state index is 11.9. The normalized spacial score (nSPS) is 23.3. The summed E-state index contributed by atoms with van der Waals surface area (Å²) in [6, 6.07) is 9.17. The van der Waals surface area contributed by atoms with Crippen molar-refractivity contribution in [2.24, 2.45) is 11.8 Å². The summed E-state index contributed by atoms with van der Waals surface area (Å²) in [5, 5.41) is 20.5. The van der Waals surface area contributed by atoms with Crippen LogP contribution in [0.2, 0.25) is 10.0 Å². The second-order valence-corrected chi connectivity index (χ2v) is 11.3. The lowest BCUT2D eigenvalue weighted by molar-refractivity contribution is 0.0439. The Balaban J connectivity index is 1.52. The van der Waals surface area contributed by atoms with E-state index in [0.29, 0.717) is 21.3 Å². The topological polar surface area (TPSA) is 66.8 Å². The summed E-state index contributed by atoms with van der Waals surface area (Å²) in [5.74, 6) is 0.694. The van der Waals surface area contributed by atoms with Crippen LogP contribution in [0.3, 0.4) is 0 Å². The van der Waals surface area contributed by atoms with Crippen LogP contribution in [-0.4, -0.2) is 46.6 Å². The fraction of sp³-hybridized carbons (Fsp3) is 0.500. The fourth-order valence-electron chi connectivity index (χ4n) is 3.91. The molecule has 1 heterocycles. The summed E-state index contributed by atoms with van der Waals surface area (Å²) < 4.78 is 4.95. The summed E-state index contributed by atoms with van der Waals surface area (Å²) >= 11 is 21.8. The molecule has 1 aromatic heterocycles. The number of aliphatic hydroxyl groups is 2. The maximum atomic E-state index is 11.9. The maximum Gasteiger partial charge on any atom is 0.348 e. The number of halogens is 3. The Morgan fingerprint density at radius 1 is 1.19 bits per heavy atom. The zero-order valence-corrected chi connectivity index (χ0v) is 20.7. The average molecular weight is 524 g/mol. The zero-order valence-electron chi connectivity index (χ0n) is 16.8. The average Bonchev–Trinajstić information content (AvgIpc) is 3.28. The van der Waals surface area contributed by atoms with E-state index in [4.69, 9.17) is 44.6 Å². The van der Waals surface area contributed by atoms with Gasteiger partial charge in [0.1, 0.15) is 11.5 Å². The molecule has 4 nitrogen and oxygen atoms in total. The molecule has 0 bridgehead atoms. The lowest BCUT2D eigenvalue weighted by Gasteiger charge is -2.23. The molecule has 1 saturated carbocycles. The van der Waals surface area contributed by atoms with E-state index < -0.39 is 12.1 Å². The van der Waals surface area contributed by atoms with Gasteiger partial charge in [0.2, 0.25) is 0 Å². The minimum absolute atomic E-state index is 0.00791. The molecule has 2 N–H and O–H groups in total. The number of benzene rings is 1. The van der Waals surface area contributed by atoms with E-state index in [2.05, 4.69) is 0 Å². The van der Waals surface area contributed by atoms with Gasteiger partial charge in [0.25, 0.3) is 0 Å². The summed E-state index contributed by atoms with van der Waals surface area (Å²) in [7, 11) is 0. The molecule has 3 rings (SSSR count). The van der Waals surface area contributed by atoms with E-state index in [-0.39, 0.29) is 30.4 Å². The number of carbonyl (C=O) groups is 1. The standard InChI is InChI=1S/C22H25Cl3O4S2/c23-13-8-14(24)10-16(9-13)30-12-18-17(19(25)11-20(18)27)3-1-2-15-4-5-21(31-15)22(28)29-7-6-26/h4-5,8-10,17-20,26-27H,1-3,6-7,11-12H2/t17-,18-,19-,20-/m1/s1. The second kappa shape index (κ2) is 12.1. The van der Waals surface area contributed by atoms with Gasteiger partial charge in [0.15, 0.2) is 0 Å². The first-order valence-electron chi connectivity index (χ1n) is 10.1. The molecule has 0 amide bonds. The third kappa shape index (κ3) is 7.26. The molecule has 31 heavy (non-hydrogen) atoms. The van der Waals surface area contributed by atoms with Crippen LogP contribution < -0.4 is 0 Å². The van der Waals surface area contributed by atoms with Crippen molar-refractivity contribution in [3.05, 3.63) is 50.1 Å². The Morgan fingerprint density at radius 2 is 1.94 bits per heavy atom. The van der Waals surface area contributed by atoms with Crippen LogP contribution in [0.15, 0.2) is 35.2 Å². The Hall–Kier alpha value is -0.470. The van der Waals surface area contributed by atoms with Gasteiger partial charge in [-0.2, -0.15) is 0 Å². The molecule has 0 radical (unpaired) electrons. The summed E-state index contributed by atoms with van der Waals surface area (Å²) in [4.78, 5) is 14.5. The number of thioether (sulfide) groups is 1. The van der Waals surface area contributed by atoms with Gasteiger partial charge in [-0.1, -0.05) is 23.2 Å². The predicted octanol–water partition coefficient (Wildman–Crippen LogP) is 5.92. The third-order valence-electron chi connectivity index (χ3n) is 5.40. The lowest BCUT2D eigenvalue weighted by atomic mass is 9.91. The van der Waals surface area contributed by atoms with Gasteiger partial charge in [-0.05, 0) is 67.9 Å². The fourth-order valence-corrected chi connectivity index (χ4v) is 7.28. The number of hydrogen-bond acceptors (Lipinski definition) is 6. The molecule has 9 heteroatoms. The number of ether oxygens (including phenoxy) is 1. The van der Waals surface area contributed by atoms with Crippen LogP contribution in [0.25, 0.3) is 0 Å². The molecule has 1 fully saturated rings. The zero-order chi connectivity index (χ0) is 22.4. The van der Waals surface area contributed by atoms with Crippen LogP contribution in [0, 0.1) is 11.8 Å². The number of aliphatic hydroxyl groups excluding tert-OH is 2. The smallest absolute Gasteiger partial charge is 0.348 e. The predicted molar refractivity (Wildman–Crippen MR) is 129 cm³/mol. The van der Waals surface area contributed by atoms with Gasteiger partial charge >= 0.3 is 5.97 Å². The summed E-state index contributed by atoms with van der Waals surface area (Å²) in [6.45, 7) is -0.172. The Bertz CT molecular complexity index is 856. The van der Waals surface area contributed by atoms with Crippen LogP contribution >= 0.6 is 57.9 Å². The number of alkyl halides is 1. The molecule has 4 atom stereocenters. The highest BCUT2D eigenvalue weighted by atomic mass is 35.5. The van der Waals surface area contributed by atoms with Crippen molar-refractivity contribution < 1.29 is 19.7 Å². The van der Waals surface area contributed by atoms with Crippen molar-refractivity contribution in [1.82, 2.24) is 0 Å². The molecule has 1 aliphatic rings. The van der Waals surface area contributed by atoms with Crippen molar-refractivity contribution in [1.29, 1.82) is 0 Å². The monoisotopic (exact) mass is 522 g/mol. The van der Waals surface area contributed by atoms with Crippen molar-refractivity contribution in [3.63, 3.8) is 0 Å². The molecule has 0 unspecified atom stereocenters. The van der Waals surface area contributed by atoms with Crippen LogP contribution in [0.1, 0.15) is 33.8 Å². The van der Waals surface area contributed by atoms with Gasteiger partial charge in [-0.15, -0.1) is 34.7 Å². The first-order chi connectivity index (χ1) is 14.9. The highest BCUT2D eigenvalue weighted by molar-refractivity contribution is 7.99. The third-order valence-corrected chi connectivity index (χ3v) is 8.59. The lowest BCUT2D eigenvalue weighted by Crippen LogP contribution is -2.23. The molecule has 1 aromatic carbocycles. The number of rotatable bonds is 10. The van der Waals surface area contributed by atoms with Crippen molar-refractivity contribution in [2.75, 3.05) is 19.0 Å². The van der Waals surface area contributed by atoms with Gasteiger partial charge in [0.05, 0.1) is 12.7 Å². The largest absolute Gasteiger partial charge is 0.459 e. The minimum Gasteiger partial charge on any atom is -0.459 e. The van der Waals surface area contributed by atoms with Gasteiger partial charge in [0, 0.05) is 30.9 Å². The van der Waals surface area contributed by atoms with Gasteiger partial charge in [-0.3, -0.25) is 0 Å². The Labute approximate surface area is 205 Å². The first-order valence-corrected chi connectivity index (χ1v) is 13.1. The van der Waals surface area contributed by atoms with E-state index in [9.17, 15) is 9.90 Å². The van der Waals surface area contributed by atoms with E-state index in [0.717, 1.165) is 34.8 Å². The van der Waals surface area contributed by atoms with Gasteiger partial charge in [-0.25, -0.2) is 4.79 Å². The van der Waals surface area contributed by atoms with E-state index >= 15 is 0 Å². The van der Waals surface area contributed by atoms with Crippen molar-refractivity contribution in [3.8, 4) is 0 Å². The molecule has 170 valence electrons. The molecular weight excluding hydrogens is 499 g/mol. The highest BCUT2D eigenvalue weighted by Crippen LogP contribution is 2.42. The number of aryl methyl sites for hydroxylation is 1. The van der Waals surface area contributed by atoms with E-state index in [1.165, 1.54) is 11.3 Å². The highest BCUT2D eigenvalue weighted by Gasteiger charge is 2.40. The number of hydrogen-bond donors (Lipinski definition) is 2. The van der Waals surface area contributed by atoms with Gasteiger partial charge < -0.3 is 14.9 Å². The second-order valence-electron chi connectivity index (χ2n) is 7.58. The van der Waals surface area contributed by atoms with E-state index in [1.807, 2.05) is 18.2 Å². The Morgan fingerprint density at radius 3 is 2.65 bits per heavy atom. The quantitative estimate of drug-likeness (QED) is 0.230. The van der Waals surface area contributed by atoms with Crippen LogP contribution in [0.5, 0.6) is 0 Å². The molecule has 1 aliphatic carbocycles. The summed E-state index contributed by atoms with van der Waals surface area (Å²) in [5.41, 5.74) is 0. The van der Waals surface area contributed by atoms with Crippen molar-refractivity contribution in [2.45, 2.75) is 42.1 Å². The SMILES string of the molecule is O=C(OCCO)c1ccc(CCC[C@@H]2[C@@H](CSc3cc(Cl)cc(Cl)c3)[C@H](O)C[C@H]2Cl)s1. The van der Waals surface area contributed by atoms with E-state index in [1.54, 1.807) is 23.9 Å². The number of esters is 1. The summed E-state index contributed by atoms with van der Waals surface area (Å²) in [6.07, 6.45) is 2.88. The molecular formula is C22H25Cl3O4S2. The number of thiophene rings is 1. The molecule has 0 spiro atoms. The molecule has 2 aromatic rings.